The molecule has 4 nitrogen and oxygen atoms in total. The fourth-order valence-corrected chi connectivity index (χ4v) is 6.34. The van der Waals surface area contributed by atoms with Gasteiger partial charge in [0.25, 0.3) is 0 Å². The Morgan fingerprint density at radius 2 is 2.03 bits per heavy atom. The maximum atomic E-state index is 11.9. The van der Waals surface area contributed by atoms with Crippen LogP contribution >= 0.6 is 15.9 Å². The van der Waals surface area contributed by atoms with Crippen molar-refractivity contribution in [3.8, 4) is 5.75 Å². The highest BCUT2D eigenvalue weighted by atomic mass is 79.9. The first-order valence-electron chi connectivity index (χ1n) is 11.4. The van der Waals surface area contributed by atoms with E-state index in [1.54, 1.807) is 7.11 Å². The molecule has 6 rings (SSSR count). The first-order chi connectivity index (χ1) is 15.5. The molecule has 2 aromatic carbocycles. The van der Waals surface area contributed by atoms with Crippen molar-refractivity contribution in [2.24, 2.45) is 11.8 Å². The summed E-state index contributed by atoms with van der Waals surface area (Å²) in [4.78, 5) is 4.52. The highest BCUT2D eigenvalue weighted by Crippen LogP contribution is 2.48. The number of hydrogen-bond donors (Lipinski definition) is 1. The molecule has 5 unspecified atom stereocenters. The molecular weight excluding hydrogens is 544 g/mol. The van der Waals surface area contributed by atoms with Crippen molar-refractivity contribution in [3.05, 3.63) is 83.0 Å². The van der Waals surface area contributed by atoms with E-state index in [4.69, 9.17) is 4.74 Å². The third-order valence-corrected chi connectivity index (χ3v) is 8.28. The highest BCUT2D eigenvalue weighted by Gasteiger charge is 2.53. The Kier molecular flexibility index (Phi) is 7.29. The second kappa shape index (κ2) is 9.87. The molecule has 4 heterocycles. The Labute approximate surface area is 214 Å². The Balaban J connectivity index is 0.00000259. The van der Waals surface area contributed by atoms with E-state index in [1.807, 2.05) is 30.5 Å². The van der Waals surface area contributed by atoms with E-state index in [0.717, 1.165) is 57.2 Å². The van der Waals surface area contributed by atoms with Crippen molar-refractivity contribution in [1.82, 2.24) is 4.98 Å². The molecule has 33 heavy (non-hydrogen) atoms. The first-order valence-corrected chi connectivity index (χ1v) is 12.2. The standard InChI is InChI=1S/C27H30BrN2O2.BrH/c1-3-19-17-30(16-18-4-6-21(28)7-5-18)13-11-20(19)14-26(30)27(31)23-10-12-29-25-9-8-22(32-2)15-24(23)25;/h3-10,12,15,19-20,26-27,31H,1,11,13-14,16-17H2,2H3;1H/q+1;/p-1. The largest absolute Gasteiger partial charge is 1.00 e. The summed E-state index contributed by atoms with van der Waals surface area (Å²) in [5.74, 6) is 1.89. The Morgan fingerprint density at radius 3 is 2.76 bits per heavy atom. The molecule has 1 N–H and O–H groups in total. The number of hydrogen-bond acceptors (Lipinski definition) is 3. The lowest BCUT2D eigenvalue weighted by molar-refractivity contribution is -0.984. The predicted molar refractivity (Wildman–Crippen MR) is 131 cm³/mol. The predicted octanol–water partition coefficient (Wildman–Crippen LogP) is 2.65. The van der Waals surface area contributed by atoms with Crippen LogP contribution in [0.2, 0.25) is 0 Å². The van der Waals surface area contributed by atoms with Crippen LogP contribution in [-0.4, -0.2) is 40.8 Å². The lowest BCUT2D eigenvalue weighted by Crippen LogP contribution is -3.00. The molecule has 3 saturated heterocycles. The van der Waals surface area contributed by atoms with Gasteiger partial charge in [0.05, 0.1) is 25.7 Å². The molecule has 2 bridgehead atoms. The average Bonchev–Trinajstić information content (AvgIpc) is 2.84. The molecule has 0 spiro atoms. The summed E-state index contributed by atoms with van der Waals surface area (Å²) in [6, 6.07) is 16.7. The molecule has 0 amide bonds. The minimum atomic E-state index is -0.559. The van der Waals surface area contributed by atoms with Crippen LogP contribution in [0, 0.1) is 11.8 Å². The number of fused-ring (bicyclic) bond motifs is 4. The SMILES string of the molecule is C=CC1C[N+]2(Cc3ccc(Br)cc3)CCC1CC2C(O)c1ccnc2ccc(OC)cc12.[Br-]. The van der Waals surface area contributed by atoms with Gasteiger partial charge in [-0.3, -0.25) is 4.98 Å². The molecule has 6 heteroatoms. The first kappa shape index (κ1) is 24.4. The molecule has 0 saturated carbocycles. The zero-order valence-electron chi connectivity index (χ0n) is 18.8. The van der Waals surface area contributed by atoms with Gasteiger partial charge in [-0.1, -0.05) is 34.1 Å². The van der Waals surface area contributed by atoms with Crippen molar-refractivity contribution in [2.45, 2.75) is 31.5 Å². The minimum Gasteiger partial charge on any atom is -1.00 e. The topological polar surface area (TPSA) is 42.4 Å². The number of aromatic nitrogens is 1. The van der Waals surface area contributed by atoms with Crippen LogP contribution in [-0.2, 0) is 6.54 Å². The molecule has 3 aromatic rings. The van der Waals surface area contributed by atoms with E-state index in [2.05, 4.69) is 57.8 Å². The summed E-state index contributed by atoms with van der Waals surface area (Å²) in [6.45, 7) is 7.21. The van der Waals surface area contributed by atoms with Gasteiger partial charge in [0.2, 0.25) is 0 Å². The number of pyridine rings is 1. The number of quaternary nitrogens is 1. The van der Waals surface area contributed by atoms with E-state index < -0.39 is 6.10 Å². The Morgan fingerprint density at radius 1 is 1.24 bits per heavy atom. The summed E-state index contributed by atoms with van der Waals surface area (Å²) in [7, 11) is 1.67. The number of nitrogens with zero attached hydrogens (tertiary/aromatic N) is 2. The average molecular weight is 574 g/mol. The van der Waals surface area contributed by atoms with Crippen molar-refractivity contribution in [3.63, 3.8) is 0 Å². The lowest BCUT2D eigenvalue weighted by Gasteiger charge is -2.58. The number of halogens is 2. The summed E-state index contributed by atoms with van der Waals surface area (Å²) in [6.07, 6.45) is 5.61. The van der Waals surface area contributed by atoms with Crippen LogP contribution < -0.4 is 21.7 Å². The molecule has 5 atom stereocenters. The fraction of sp³-hybridized carbons (Fsp3) is 0.370. The highest BCUT2D eigenvalue weighted by molar-refractivity contribution is 9.10. The summed E-state index contributed by atoms with van der Waals surface area (Å²) in [5.41, 5.74) is 3.16. The number of ether oxygens (including phenoxy) is 1. The van der Waals surface area contributed by atoms with Crippen molar-refractivity contribution in [2.75, 3.05) is 20.2 Å². The van der Waals surface area contributed by atoms with Gasteiger partial charge in [-0.05, 0) is 47.9 Å². The molecule has 3 fully saturated rings. The van der Waals surface area contributed by atoms with Gasteiger partial charge in [-0.25, -0.2) is 0 Å². The monoisotopic (exact) mass is 572 g/mol. The molecule has 3 aliphatic heterocycles. The number of benzene rings is 2. The van der Waals surface area contributed by atoms with Crippen molar-refractivity contribution >= 4 is 26.8 Å². The molecule has 1 aromatic heterocycles. The maximum Gasteiger partial charge on any atom is 0.131 e. The second-order valence-corrected chi connectivity index (χ2v) is 10.3. The maximum absolute atomic E-state index is 11.9. The number of aliphatic hydroxyl groups excluding tert-OH is 1. The van der Waals surface area contributed by atoms with E-state index in [-0.39, 0.29) is 23.0 Å². The lowest BCUT2D eigenvalue weighted by atomic mass is 9.71. The molecule has 0 aliphatic carbocycles. The molecular formula is C27H30Br2N2O2. The van der Waals surface area contributed by atoms with E-state index in [9.17, 15) is 5.11 Å². The third kappa shape index (κ3) is 4.51. The van der Waals surface area contributed by atoms with Gasteiger partial charge in [0, 0.05) is 40.4 Å². The van der Waals surface area contributed by atoms with Crippen LogP contribution in [0.4, 0.5) is 0 Å². The fourth-order valence-electron chi connectivity index (χ4n) is 6.07. The van der Waals surface area contributed by atoms with Crippen molar-refractivity contribution in [1.29, 1.82) is 0 Å². The van der Waals surface area contributed by atoms with Gasteiger partial charge >= 0.3 is 0 Å². The smallest absolute Gasteiger partial charge is 0.131 e. The van der Waals surface area contributed by atoms with Gasteiger partial charge in [0.15, 0.2) is 0 Å². The van der Waals surface area contributed by atoms with E-state index in [0.29, 0.717) is 11.8 Å². The van der Waals surface area contributed by atoms with Gasteiger partial charge in [-0.2, -0.15) is 0 Å². The number of piperidine rings is 3. The Bertz CT molecular complexity index is 1140. The normalized spacial score (nSPS) is 27.1. The number of methoxy groups -OCH3 is 1. The second-order valence-electron chi connectivity index (χ2n) is 9.39. The summed E-state index contributed by atoms with van der Waals surface area (Å²) >= 11 is 3.56. The molecule has 3 aliphatic rings. The number of rotatable bonds is 6. The summed E-state index contributed by atoms with van der Waals surface area (Å²) in [5, 5.41) is 12.8. The number of aliphatic hydroxyl groups is 1. The van der Waals surface area contributed by atoms with Crippen LogP contribution in [0.15, 0.2) is 71.9 Å². The zero-order chi connectivity index (χ0) is 22.3. The quantitative estimate of drug-likeness (QED) is 0.364. The van der Waals surface area contributed by atoms with Gasteiger partial charge < -0.3 is 31.3 Å². The van der Waals surface area contributed by atoms with Crippen LogP contribution in [0.3, 0.4) is 0 Å². The minimum absolute atomic E-state index is 0. The van der Waals surface area contributed by atoms with E-state index >= 15 is 0 Å². The van der Waals surface area contributed by atoms with E-state index in [1.165, 1.54) is 12.0 Å². The van der Waals surface area contributed by atoms with Crippen molar-refractivity contribution < 1.29 is 31.3 Å². The zero-order valence-corrected chi connectivity index (χ0v) is 22.0. The molecule has 174 valence electrons. The van der Waals surface area contributed by atoms with Gasteiger partial charge in [0.1, 0.15) is 24.4 Å². The van der Waals surface area contributed by atoms with Crippen LogP contribution in [0.1, 0.15) is 30.1 Å². The Hall–Kier alpha value is -1.73. The summed E-state index contributed by atoms with van der Waals surface area (Å²) < 4.78 is 7.46. The molecule has 0 radical (unpaired) electrons. The third-order valence-electron chi connectivity index (χ3n) is 7.75. The van der Waals surface area contributed by atoms with Gasteiger partial charge in [-0.15, -0.1) is 6.58 Å². The van der Waals surface area contributed by atoms with Crippen LogP contribution in [0.25, 0.3) is 10.9 Å². The van der Waals surface area contributed by atoms with Crippen LogP contribution in [0.5, 0.6) is 5.75 Å².